The number of aliphatic hydroxyl groups excluding tert-OH is 1. The zero-order chi connectivity index (χ0) is 29.5. The van der Waals surface area contributed by atoms with Gasteiger partial charge in [0.25, 0.3) is 5.91 Å². The van der Waals surface area contributed by atoms with Crippen molar-refractivity contribution in [2.75, 3.05) is 33.4 Å². The van der Waals surface area contributed by atoms with E-state index in [9.17, 15) is 23.1 Å². The molecule has 1 aliphatic rings. The van der Waals surface area contributed by atoms with Crippen LogP contribution >= 0.6 is 11.6 Å². The summed E-state index contributed by atoms with van der Waals surface area (Å²) in [4.78, 5) is 22.0. The predicted octanol–water partition coefficient (Wildman–Crippen LogP) is 5.27. The molecule has 1 saturated heterocycles. The van der Waals surface area contributed by atoms with Crippen LogP contribution in [0.3, 0.4) is 0 Å². The van der Waals surface area contributed by atoms with E-state index in [1.807, 2.05) is 19.1 Å². The van der Waals surface area contributed by atoms with Crippen molar-refractivity contribution in [3.05, 3.63) is 82.1 Å². The van der Waals surface area contributed by atoms with Gasteiger partial charge in [0, 0.05) is 41.8 Å². The molecule has 0 aliphatic carbocycles. The second-order valence-electron chi connectivity index (χ2n) is 10.0. The van der Waals surface area contributed by atoms with Crippen LogP contribution in [-0.4, -0.2) is 74.8 Å². The van der Waals surface area contributed by atoms with E-state index < -0.39 is 17.8 Å². The Labute approximate surface area is 239 Å². The van der Waals surface area contributed by atoms with E-state index in [4.69, 9.17) is 16.3 Å². The van der Waals surface area contributed by atoms with Crippen LogP contribution in [0.2, 0.25) is 5.02 Å². The van der Waals surface area contributed by atoms with Gasteiger partial charge in [-0.15, -0.1) is 0 Å². The lowest BCUT2D eigenvalue weighted by Gasteiger charge is -2.43. The molecule has 8 nitrogen and oxygen atoms in total. The summed E-state index contributed by atoms with van der Waals surface area (Å²) in [6.45, 7) is 4.27. The molecule has 1 aliphatic heterocycles. The van der Waals surface area contributed by atoms with Crippen LogP contribution in [-0.2, 0) is 6.18 Å². The number of amides is 1. The largest absolute Gasteiger partial charge is 0.497 e. The highest BCUT2D eigenvalue weighted by molar-refractivity contribution is 6.30. The summed E-state index contributed by atoms with van der Waals surface area (Å²) in [6, 6.07) is 13.2. The average Bonchev–Trinajstić information content (AvgIpc) is 3.35. The molecule has 5 rings (SSSR count). The fourth-order valence-electron chi connectivity index (χ4n) is 5.46. The number of halogens is 4. The molecule has 0 spiro atoms. The average molecular weight is 588 g/mol. The minimum Gasteiger partial charge on any atom is -0.497 e. The number of methoxy groups -OCH3 is 1. The summed E-state index contributed by atoms with van der Waals surface area (Å²) in [7, 11) is 1.50. The lowest BCUT2D eigenvalue weighted by atomic mass is 10.0. The van der Waals surface area contributed by atoms with Gasteiger partial charge in [-0.3, -0.25) is 9.69 Å². The molecule has 1 N–H and O–H groups in total. The molecule has 2 aromatic carbocycles. The Bertz CT molecular complexity index is 1570. The number of benzene rings is 2. The van der Waals surface area contributed by atoms with Gasteiger partial charge in [0.15, 0.2) is 11.3 Å². The van der Waals surface area contributed by atoms with Crippen LogP contribution in [0.1, 0.15) is 40.1 Å². The number of rotatable bonds is 6. The molecule has 1 amide bonds. The molecule has 2 atom stereocenters. The van der Waals surface area contributed by atoms with Gasteiger partial charge in [-0.05, 0) is 55.8 Å². The Hall–Kier alpha value is -3.67. The van der Waals surface area contributed by atoms with E-state index in [0.717, 1.165) is 11.8 Å². The maximum atomic E-state index is 14.3. The van der Waals surface area contributed by atoms with Crippen LogP contribution in [0, 0.1) is 6.92 Å². The maximum Gasteiger partial charge on any atom is 0.433 e. The van der Waals surface area contributed by atoms with E-state index >= 15 is 0 Å². The molecule has 0 bridgehead atoms. The summed E-state index contributed by atoms with van der Waals surface area (Å²) >= 11 is 6.15. The van der Waals surface area contributed by atoms with Crippen LogP contribution in [0.4, 0.5) is 13.2 Å². The number of hydrogen-bond donors (Lipinski definition) is 1. The maximum absolute atomic E-state index is 14.3. The Morgan fingerprint density at radius 1 is 1.20 bits per heavy atom. The molecule has 1 fully saturated rings. The summed E-state index contributed by atoms with van der Waals surface area (Å²) in [5, 5.41) is 14.7. The van der Waals surface area contributed by atoms with Gasteiger partial charge >= 0.3 is 6.18 Å². The third-order valence-electron chi connectivity index (χ3n) is 7.51. The summed E-state index contributed by atoms with van der Waals surface area (Å²) in [6.07, 6.45) is -3.59. The Kier molecular flexibility index (Phi) is 7.95. The lowest BCUT2D eigenvalue weighted by Crippen LogP contribution is -2.55. The van der Waals surface area contributed by atoms with E-state index in [1.54, 1.807) is 41.3 Å². The van der Waals surface area contributed by atoms with Crippen molar-refractivity contribution in [1.29, 1.82) is 0 Å². The van der Waals surface area contributed by atoms with Crippen LogP contribution < -0.4 is 4.74 Å². The topological polar surface area (TPSA) is 83.2 Å². The second-order valence-corrected chi connectivity index (χ2v) is 10.5. The zero-order valence-electron chi connectivity index (χ0n) is 22.7. The summed E-state index contributed by atoms with van der Waals surface area (Å²) < 4.78 is 48.8. The van der Waals surface area contributed by atoms with E-state index in [-0.39, 0.29) is 41.2 Å². The first-order chi connectivity index (χ1) is 19.5. The van der Waals surface area contributed by atoms with E-state index in [1.165, 1.54) is 14.0 Å². The molecule has 12 heteroatoms. The molecule has 216 valence electrons. The molecule has 2 aromatic heterocycles. The van der Waals surface area contributed by atoms with E-state index in [2.05, 4.69) is 15.0 Å². The second kappa shape index (κ2) is 11.3. The fourth-order valence-corrected chi connectivity index (χ4v) is 5.66. The number of nitrogens with zero attached hydrogens (tertiary/aromatic N) is 5. The van der Waals surface area contributed by atoms with Crippen molar-refractivity contribution in [2.45, 2.75) is 32.1 Å². The van der Waals surface area contributed by atoms with Gasteiger partial charge in [-0.2, -0.15) is 18.3 Å². The van der Waals surface area contributed by atoms with Gasteiger partial charge in [-0.1, -0.05) is 23.7 Å². The number of aromatic nitrogens is 3. The van der Waals surface area contributed by atoms with E-state index in [0.29, 0.717) is 40.5 Å². The molecular weight excluding hydrogens is 559 g/mol. The van der Waals surface area contributed by atoms with Crippen molar-refractivity contribution in [3.8, 4) is 17.0 Å². The van der Waals surface area contributed by atoms with Crippen molar-refractivity contribution in [2.24, 2.45) is 0 Å². The Morgan fingerprint density at radius 3 is 2.54 bits per heavy atom. The monoisotopic (exact) mass is 587 g/mol. The smallest absolute Gasteiger partial charge is 0.433 e. The highest BCUT2D eigenvalue weighted by Gasteiger charge is 2.39. The summed E-state index contributed by atoms with van der Waals surface area (Å²) in [5.41, 5.74) is 0.147. The van der Waals surface area contributed by atoms with Crippen molar-refractivity contribution < 1.29 is 27.8 Å². The first-order valence-corrected chi connectivity index (χ1v) is 13.4. The van der Waals surface area contributed by atoms with Gasteiger partial charge in [0.1, 0.15) is 11.3 Å². The highest BCUT2D eigenvalue weighted by atomic mass is 35.5. The molecule has 0 radical (unpaired) electrons. The molecule has 4 aromatic rings. The van der Waals surface area contributed by atoms with Crippen molar-refractivity contribution >= 4 is 23.2 Å². The van der Waals surface area contributed by atoms with Gasteiger partial charge in [0.2, 0.25) is 0 Å². The first kappa shape index (κ1) is 28.8. The molecule has 3 heterocycles. The number of fused-ring (bicyclic) bond motifs is 1. The van der Waals surface area contributed by atoms with Crippen molar-refractivity contribution in [3.63, 3.8) is 0 Å². The van der Waals surface area contributed by atoms with Crippen LogP contribution in [0.15, 0.2) is 54.7 Å². The molecule has 0 saturated carbocycles. The predicted molar refractivity (Wildman–Crippen MR) is 148 cm³/mol. The first-order valence-electron chi connectivity index (χ1n) is 13.0. The number of alkyl halides is 3. The standard InChI is InChI=1S/C29H29ClF3N5O3/c1-17-15-36(24(16-39)20-5-4-6-21(30)13-20)11-12-37(17)28(40)23-14-34-38-26(29(31,32)33)18(2)25(35-27(23)38)19-7-9-22(41-3)10-8-19/h4-10,13-14,17,24,39H,11-12,15-16H2,1-3H3/t17-,24+/m1/s1. The quantitative estimate of drug-likeness (QED) is 0.331. The molecular formula is C29H29ClF3N5O3. The van der Waals surface area contributed by atoms with Crippen molar-refractivity contribution in [1.82, 2.24) is 24.4 Å². The third-order valence-corrected chi connectivity index (χ3v) is 7.75. The molecule has 0 unspecified atom stereocenters. The van der Waals surface area contributed by atoms with Gasteiger partial charge in [0.05, 0.1) is 31.6 Å². The number of carbonyl (C=O) groups is 1. The number of ether oxygens (including phenoxy) is 1. The van der Waals surface area contributed by atoms with Crippen LogP contribution in [0.5, 0.6) is 5.75 Å². The minimum atomic E-state index is -4.74. The highest BCUT2D eigenvalue weighted by Crippen LogP contribution is 2.37. The fraction of sp³-hybridized carbons (Fsp3) is 0.345. The lowest BCUT2D eigenvalue weighted by molar-refractivity contribution is -0.143. The Balaban J connectivity index is 1.49. The Morgan fingerprint density at radius 2 is 1.93 bits per heavy atom. The molecule has 41 heavy (non-hydrogen) atoms. The van der Waals surface area contributed by atoms with Gasteiger partial charge in [-0.25, -0.2) is 9.50 Å². The summed E-state index contributed by atoms with van der Waals surface area (Å²) in [5.74, 6) is 0.0938. The number of piperazine rings is 1. The SMILES string of the molecule is COc1ccc(-c2nc3c(C(=O)N4CCN([C@@H](CO)c5cccc(Cl)c5)C[C@H]4C)cnn3c(C(F)(F)F)c2C)cc1. The van der Waals surface area contributed by atoms with Crippen LogP contribution in [0.25, 0.3) is 16.9 Å². The normalized spacial score (nSPS) is 17.2. The number of carbonyl (C=O) groups excluding carboxylic acids is 1. The number of hydrogen-bond acceptors (Lipinski definition) is 6. The zero-order valence-corrected chi connectivity index (χ0v) is 23.4. The minimum absolute atomic E-state index is 0.0147. The van der Waals surface area contributed by atoms with Gasteiger partial charge < -0.3 is 14.7 Å². The number of aliphatic hydroxyl groups is 1. The third kappa shape index (κ3) is 5.49.